The van der Waals surface area contributed by atoms with Crippen LogP contribution in [0.15, 0.2) is 48.5 Å². The summed E-state index contributed by atoms with van der Waals surface area (Å²) in [4.78, 5) is 21.8. The number of aromatic nitrogens is 2. The maximum Gasteiger partial charge on any atom is 0.338 e. The predicted molar refractivity (Wildman–Crippen MR) is 166 cm³/mol. The molecule has 4 aromatic rings. The maximum atomic E-state index is 15.3. The lowest BCUT2D eigenvalue weighted by Gasteiger charge is -2.54. The van der Waals surface area contributed by atoms with Crippen LogP contribution in [-0.2, 0) is 28.4 Å². The van der Waals surface area contributed by atoms with Gasteiger partial charge in [0.15, 0.2) is 17.3 Å². The van der Waals surface area contributed by atoms with Gasteiger partial charge in [0.25, 0.3) is 5.79 Å². The van der Waals surface area contributed by atoms with Crippen molar-refractivity contribution in [2.24, 2.45) is 0 Å². The van der Waals surface area contributed by atoms with Gasteiger partial charge in [0.05, 0.1) is 60.3 Å². The molecular formula is C35H33F2N5O5. The first-order valence-electron chi connectivity index (χ1n) is 15.9. The largest absolute Gasteiger partial charge is 0.465 e. The van der Waals surface area contributed by atoms with Crippen LogP contribution < -0.4 is 14.4 Å². The number of halogens is 2. The number of esters is 1. The average molecular weight is 642 g/mol. The summed E-state index contributed by atoms with van der Waals surface area (Å²) >= 11 is 0. The summed E-state index contributed by atoms with van der Waals surface area (Å²) in [6, 6.07) is 15.2. The summed E-state index contributed by atoms with van der Waals surface area (Å²) < 4.78 is 55.5. The molecule has 10 nitrogen and oxygen atoms in total. The number of piperazine rings is 1. The van der Waals surface area contributed by atoms with Crippen molar-refractivity contribution in [2.45, 2.75) is 63.3 Å². The summed E-state index contributed by atoms with van der Waals surface area (Å²) in [6.07, 6.45) is 2.90. The highest BCUT2D eigenvalue weighted by molar-refractivity contribution is 5.94. The predicted octanol–water partition coefficient (Wildman–Crippen LogP) is 5.26. The Hall–Kier alpha value is -4.73. The van der Waals surface area contributed by atoms with Crippen LogP contribution in [0.25, 0.3) is 11.0 Å². The standard InChI is InChI=1S/C35H33F2N5O5/c1-35(23-7-6-20(17-38)14-24(23)36)46-30-5-3-4-28(33(30)47-35)41-12-11-40(26-8-9-27(26)41)19-31-39-32-25(37)15-21(34(43)44-2)16-29(32)42(31)18-22-10-13-45-22/h3-7,14-16,22,26-27H,8-13,18-19H2,1-2H3/t22-,26?,27?,35+/m0/s1. The first kappa shape index (κ1) is 29.7. The highest BCUT2D eigenvalue weighted by Crippen LogP contribution is 2.51. The molecule has 4 aliphatic rings. The summed E-state index contributed by atoms with van der Waals surface area (Å²) in [5.74, 6) is -1.28. The number of methoxy groups -OCH3 is 1. The number of nitriles is 1. The number of hydrogen-bond acceptors (Lipinski definition) is 9. The van der Waals surface area contributed by atoms with Crippen molar-refractivity contribution in [1.82, 2.24) is 14.5 Å². The number of fused-ring (bicyclic) bond motifs is 3. The molecule has 0 bridgehead atoms. The Labute approximate surface area is 270 Å². The molecule has 3 aromatic carbocycles. The van der Waals surface area contributed by atoms with Crippen LogP contribution in [0.1, 0.15) is 53.5 Å². The summed E-state index contributed by atoms with van der Waals surface area (Å²) in [5.41, 5.74) is 2.26. The minimum Gasteiger partial charge on any atom is -0.465 e. The zero-order valence-electron chi connectivity index (χ0n) is 26.0. The Morgan fingerprint density at radius 2 is 1.91 bits per heavy atom. The number of carbonyl (C=O) groups excluding carboxylic acids is 1. The number of ether oxygens (including phenoxy) is 4. The fourth-order valence-electron chi connectivity index (χ4n) is 7.32. The molecule has 3 aliphatic heterocycles. The van der Waals surface area contributed by atoms with Crippen LogP contribution in [0.5, 0.6) is 11.5 Å². The molecule has 4 heterocycles. The lowest BCUT2D eigenvalue weighted by molar-refractivity contribution is -0.0706. The van der Waals surface area contributed by atoms with Crippen molar-refractivity contribution in [3.8, 4) is 17.6 Å². The molecule has 8 rings (SSSR count). The summed E-state index contributed by atoms with van der Waals surface area (Å²) in [6.45, 7) is 4.85. The smallest absolute Gasteiger partial charge is 0.338 e. The number of hydrogen-bond donors (Lipinski definition) is 0. The van der Waals surface area contributed by atoms with Crippen molar-refractivity contribution in [2.75, 3.05) is 31.7 Å². The van der Waals surface area contributed by atoms with Crippen LogP contribution in [0, 0.1) is 23.0 Å². The highest BCUT2D eigenvalue weighted by Gasteiger charge is 2.47. The van der Waals surface area contributed by atoms with Crippen LogP contribution >= 0.6 is 0 Å². The number of rotatable bonds is 7. The Balaban J connectivity index is 1.06. The number of carbonyl (C=O) groups is 1. The second kappa shape index (κ2) is 11.2. The SMILES string of the molecule is COC(=O)c1cc(F)c2nc(CN3CCN(c4cccc5c4O[C@](C)(c4ccc(C#N)cc4F)O5)C4CCC43)n(C[C@@H]3CCO3)c2c1. The quantitative estimate of drug-likeness (QED) is 0.250. The molecule has 3 fully saturated rings. The van der Waals surface area contributed by atoms with Crippen molar-refractivity contribution < 1.29 is 32.5 Å². The minimum atomic E-state index is -1.39. The molecule has 1 saturated carbocycles. The second-order valence-corrected chi connectivity index (χ2v) is 12.7. The van der Waals surface area contributed by atoms with Crippen LogP contribution in [0.4, 0.5) is 14.5 Å². The zero-order chi connectivity index (χ0) is 32.4. The fraction of sp³-hybridized carbons (Fsp3) is 0.400. The van der Waals surface area contributed by atoms with E-state index in [0.717, 1.165) is 37.3 Å². The molecule has 1 aromatic heterocycles. The molecule has 4 atom stereocenters. The molecule has 2 saturated heterocycles. The molecule has 0 spiro atoms. The van der Waals surface area contributed by atoms with Crippen molar-refractivity contribution in [3.63, 3.8) is 0 Å². The normalized spacial score (nSPS) is 24.7. The van der Waals surface area contributed by atoms with Gasteiger partial charge in [0.2, 0.25) is 0 Å². The molecular weight excluding hydrogens is 608 g/mol. The first-order chi connectivity index (χ1) is 22.8. The van der Waals surface area contributed by atoms with E-state index in [9.17, 15) is 10.1 Å². The molecule has 2 unspecified atom stereocenters. The molecule has 12 heteroatoms. The van der Waals surface area contributed by atoms with Gasteiger partial charge >= 0.3 is 5.97 Å². The van der Waals surface area contributed by atoms with Crippen molar-refractivity contribution in [1.29, 1.82) is 5.26 Å². The minimum absolute atomic E-state index is 0.00938. The van der Waals surface area contributed by atoms with E-state index in [1.807, 2.05) is 28.8 Å². The zero-order valence-corrected chi connectivity index (χ0v) is 26.0. The molecule has 0 N–H and O–H groups in total. The number of anilines is 1. The van der Waals surface area contributed by atoms with Crippen LogP contribution in [-0.4, -0.2) is 65.4 Å². The van der Waals surface area contributed by atoms with Gasteiger partial charge in [-0.2, -0.15) is 5.26 Å². The lowest BCUT2D eigenvalue weighted by atomic mass is 9.81. The Morgan fingerprint density at radius 1 is 1.09 bits per heavy atom. The van der Waals surface area contributed by atoms with Crippen LogP contribution in [0.3, 0.4) is 0 Å². The van der Waals surface area contributed by atoms with E-state index in [2.05, 4.69) is 9.80 Å². The molecule has 47 heavy (non-hydrogen) atoms. The highest BCUT2D eigenvalue weighted by atomic mass is 19.1. The Kier molecular flexibility index (Phi) is 7.07. The van der Waals surface area contributed by atoms with E-state index in [0.29, 0.717) is 43.3 Å². The molecule has 0 radical (unpaired) electrons. The number of para-hydroxylation sites is 1. The van der Waals surface area contributed by atoms with Gasteiger partial charge < -0.3 is 28.4 Å². The third-order valence-corrected chi connectivity index (χ3v) is 9.99. The Bertz CT molecular complexity index is 1950. The molecule has 0 amide bonds. The number of nitrogens with zero attached hydrogens (tertiary/aromatic N) is 5. The van der Waals surface area contributed by atoms with Crippen LogP contribution in [0.2, 0.25) is 0 Å². The molecule has 1 aliphatic carbocycles. The van der Waals surface area contributed by atoms with Crippen molar-refractivity contribution in [3.05, 3.63) is 82.7 Å². The summed E-state index contributed by atoms with van der Waals surface area (Å²) in [5, 5.41) is 9.17. The van der Waals surface area contributed by atoms with Gasteiger partial charge in [-0.15, -0.1) is 0 Å². The van der Waals surface area contributed by atoms with Gasteiger partial charge in [-0.3, -0.25) is 4.90 Å². The maximum absolute atomic E-state index is 15.3. The third kappa shape index (κ3) is 4.87. The van der Waals surface area contributed by atoms with Gasteiger partial charge in [0, 0.05) is 38.7 Å². The van der Waals surface area contributed by atoms with E-state index in [1.54, 1.807) is 19.1 Å². The van der Waals surface area contributed by atoms with Gasteiger partial charge in [0.1, 0.15) is 17.2 Å². The molecule has 242 valence electrons. The van der Waals surface area contributed by atoms with Crippen molar-refractivity contribution >= 4 is 22.7 Å². The topological polar surface area (TPSA) is 102 Å². The van der Waals surface area contributed by atoms with E-state index in [1.165, 1.54) is 25.3 Å². The van der Waals surface area contributed by atoms with E-state index < -0.39 is 23.4 Å². The van der Waals surface area contributed by atoms with E-state index >= 15 is 8.78 Å². The third-order valence-electron chi connectivity index (χ3n) is 9.99. The first-order valence-corrected chi connectivity index (χ1v) is 15.9. The fourth-order valence-corrected chi connectivity index (χ4v) is 7.32. The number of benzene rings is 3. The average Bonchev–Trinajstić information content (AvgIpc) is 3.56. The van der Waals surface area contributed by atoms with Gasteiger partial charge in [-0.05, 0) is 61.7 Å². The van der Waals surface area contributed by atoms with E-state index in [4.69, 9.17) is 23.9 Å². The van der Waals surface area contributed by atoms with Gasteiger partial charge in [-0.25, -0.2) is 18.6 Å². The van der Waals surface area contributed by atoms with E-state index in [-0.39, 0.29) is 40.4 Å². The second-order valence-electron chi connectivity index (χ2n) is 12.7. The Morgan fingerprint density at radius 3 is 2.62 bits per heavy atom. The number of imidazole rings is 1. The summed E-state index contributed by atoms with van der Waals surface area (Å²) in [7, 11) is 1.28. The lowest BCUT2D eigenvalue weighted by Crippen LogP contribution is -2.64. The van der Waals surface area contributed by atoms with Gasteiger partial charge in [-0.1, -0.05) is 6.07 Å². The monoisotopic (exact) mass is 641 g/mol.